The molecule has 0 aliphatic carbocycles. The minimum Gasteiger partial charge on any atom is -0.465 e. The Labute approximate surface area is 179 Å². The first-order valence-corrected chi connectivity index (χ1v) is 10.2. The van der Waals surface area contributed by atoms with E-state index >= 15 is 0 Å². The summed E-state index contributed by atoms with van der Waals surface area (Å²) in [5, 5.41) is 8.85. The second kappa shape index (κ2) is 8.47. The number of anilines is 1. The fourth-order valence-corrected chi connectivity index (χ4v) is 4.26. The van der Waals surface area contributed by atoms with Crippen LogP contribution in [-0.4, -0.2) is 36.4 Å². The monoisotopic (exact) mass is 429 g/mol. The highest BCUT2D eigenvalue weighted by molar-refractivity contribution is 6.36. The summed E-state index contributed by atoms with van der Waals surface area (Å²) >= 11 is 12.3. The number of hydrogen-bond donors (Lipinski definition) is 1. The maximum atomic E-state index is 11.6. The predicted molar refractivity (Wildman–Crippen MR) is 116 cm³/mol. The Morgan fingerprint density at radius 2 is 1.83 bits per heavy atom. The molecule has 1 aromatic heterocycles. The topological polar surface area (TPSA) is 58.2 Å². The zero-order valence-electron chi connectivity index (χ0n) is 16.0. The minimum atomic E-state index is -0.314. The number of carbonyl (C=O) groups is 1. The summed E-state index contributed by atoms with van der Waals surface area (Å²) in [5.74, 6) is 0.110. The number of nitrogens with zero attached hydrogens (tertiary/aromatic N) is 2. The molecule has 150 valence electrons. The lowest BCUT2D eigenvalue weighted by molar-refractivity contribution is 0.0601. The Morgan fingerprint density at radius 1 is 1.10 bits per heavy atom. The van der Waals surface area contributed by atoms with E-state index in [2.05, 4.69) is 21.2 Å². The summed E-state index contributed by atoms with van der Waals surface area (Å²) in [6.07, 6.45) is 2.05. The third kappa shape index (κ3) is 4.26. The van der Waals surface area contributed by atoms with E-state index in [-0.39, 0.29) is 5.97 Å². The van der Waals surface area contributed by atoms with Gasteiger partial charge in [0.25, 0.3) is 0 Å². The van der Waals surface area contributed by atoms with Crippen molar-refractivity contribution in [1.82, 2.24) is 10.2 Å². The van der Waals surface area contributed by atoms with Gasteiger partial charge in [0, 0.05) is 41.0 Å². The van der Waals surface area contributed by atoms with Crippen molar-refractivity contribution >= 4 is 34.9 Å². The fraction of sp³-hybridized carbons (Fsp3) is 0.273. The Kier molecular flexibility index (Phi) is 5.79. The molecule has 0 amide bonds. The number of rotatable bonds is 4. The van der Waals surface area contributed by atoms with Crippen LogP contribution in [0.4, 0.5) is 5.69 Å². The van der Waals surface area contributed by atoms with Crippen LogP contribution in [0.2, 0.25) is 10.0 Å². The van der Waals surface area contributed by atoms with Gasteiger partial charge in [0.2, 0.25) is 0 Å². The Balaban J connectivity index is 1.41. The van der Waals surface area contributed by atoms with Gasteiger partial charge in [-0.2, -0.15) is 5.10 Å². The minimum absolute atomic E-state index is 0.314. The summed E-state index contributed by atoms with van der Waals surface area (Å²) < 4.78 is 4.76. The van der Waals surface area contributed by atoms with E-state index in [1.54, 1.807) is 6.07 Å². The van der Waals surface area contributed by atoms with E-state index in [1.807, 2.05) is 36.4 Å². The third-order valence-electron chi connectivity index (χ3n) is 5.39. The molecular weight excluding hydrogens is 409 g/mol. The van der Waals surface area contributed by atoms with Crippen LogP contribution >= 0.6 is 23.2 Å². The summed E-state index contributed by atoms with van der Waals surface area (Å²) in [4.78, 5) is 13.9. The van der Waals surface area contributed by atoms with Gasteiger partial charge in [-0.3, -0.25) is 5.10 Å². The van der Waals surface area contributed by atoms with E-state index in [1.165, 1.54) is 7.11 Å². The molecule has 29 heavy (non-hydrogen) atoms. The predicted octanol–water partition coefficient (Wildman–Crippen LogP) is 5.55. The summed E-state index contributed by atoms with van der Waals surface area (Å²) in [7, 11) is 1.39. The molecule has 4 rings (SSSR count). The van der Waals surface area contributed by atoms with E-state index < -0.39 is 0 Å². The van der Waals surface area contributed by atoms with Crippen LogP contribution in [0.15, 0.2) is 48.5 Å². The number of piperidine rings is 1. The van der Waals surface area contributed by atoms with Crippen LogP contribution in [0.3, 0.4) is 0 Å². The van der Waals surface area contributed by atoms with Gasteiger partial charge >= 0.3 is 5.97 Å². The van der Waals surface area contributed by atoms with Crippen molar-refractivity contribution in [3.05, 3.63) is 69.8 Å². The van der Waals surface area contributed by atoms with Crippen LogP contribution in [0, 0.1) is 0 Å². The number of nitrogens with one attached hydrogen (secondary N) is 1. The second-order valence-corrected chi connectivity index (χ2v) is 7.98. The van der Waals surface area contributed by atoms with Crippen molar-refractivity contribution in [2.45, 2.75) is 18.8 Å². The molecule has 0 spiro atoms. The molecule has 0 unspecified atom stereocenters. The molecule has 0 atom stereocenters. The molecule has 0 radical (unpaired) electrons. The average Bonchev–Trinajstić information content (AvgIpc) is 3.23. The lowest BCUT2D eigenvalue weighted by Gasteiger charge is -2.33. The molecule has 1 aliphatic heterocycles. The molecule has 5 nitrogen and oxygen atoms in total. The number of H-pyrrole nitrogens is 1. The number of methoxy groups -OCH3 is 1. The number of benzene rings is 2. The first-order valence-electron chi connectivity index (χ1n) is 9.49. The first-order chi connectivity index (χ1) is 14.0. The summed E-state index contributed by atoms with van der Waals surface area (Å²) in [5.41, 5.74) is 4.53. The standard InChI is InChI=1S/C22H21Cl2N3O2/c1-29-22(28)15-2-5-17(6-3-15)27-10-8-14(9-11-27)20-13-21(26-25-20)18-7-4-16(23)12-19(18)24/h2-7,12-14H,8-11H2,1H3,(H,25,26). The molecule has 1 aliphatic rings. The Bertz CT molecular complexity index is 1010. The van der Waals surface area contributed by atoms with Crippen LogP contribution in [-0.2, 0) is 4.74 Å². The number of ether oxygens (including phenoxy) is 1. The molecule has 1 fully saturated rings. The smallest absolute Gasteiger partial charge is 0.337 e. The van der Waals surface area contributed by atoms with Gasteiger partial charge < -0.3 is 9.64 Å². The number of aromatic amines is 1. The molecule has 0 saturated carbocycles. The van der Waals surface area contributed by atoms with Gasteiger partial charge in [-0.05, 0) is 61.4 Å². The quantitative estimate of drug-likeness (QED) is 0.551. The van der Waals surface area contributed by atoms with Crippen molar-refractivity contribution in [2.24, 2.45) is 0 Å². The SMILES string of the molecule is COC(=O)c1ccc(N2CCC(c3cc(-c4ccc(Cl)cc4Cl)n[nH]3)CC2)cc1. The highest BCUT2D eigenvalue weighted by Gasteiger charge is 2.23. The molecule has 1 saturated heterocycles. The van der Waals surface area contributed by atoms with Crippen LogP contribution in [0.5, 0.6) is 0 Å². The zero-order chi connectivity index (χ0) is 20.4. The molecular formula is C22H21Cl2N3O2. The van der Waals surface area contributed by atoms with Gasteiger partial charge in [0.15, 0.2) is 0 Å². The highest BCUT2D eigenvalue weighted by Crippen LogP contribution is 2.34. The van der Waals surface area contributed by atoms with Crippen LogP contribution in [0.25, 0.3) is 11.3 Å². The largest absolute Gasteiger partial charge is 0.465 e. The summed E-state index contributed by atoms with van der Waals surface area (Å²) in [6, 6.07) is 15.1. The average molecular weight is 430 g/mol. The van der Waals surface area contributed by atoms with Crippen LogP contribution in [0.1, 0.15) is 34.8 Å². The lowest BCUT2D eigenvalue weighted by Crippen LogP contribution is -2.32. The van der Waals surface area contributed by atoms with E-state index in [0.29, 0.717) is 21.5 Å². The molecule has 0 bridgehead atoms. The van der Waals surface area contributed by atoms with E-state index in [4.69, 9.17) is 27.9 Å². The Hall–Kier alpha value is -2.50. The van der Waals surface area contributed by atoms with Gasteiger partial charge in [-0.15, -0.1) is 0 Å². The highest BCUT2D eigenvalue weighted by atomic mass is 35.5. The molecule has 2 aromatic carbocycles. The number of esters is 1. The summed E-state index contributed by atoms with van der Waals surface area (Å²) in [6.45, 7) is 1.89. The molecule has 3 aromatic rings. The number of aromatic nitrogens is 2. The van der Waals surface area contributed by atoms with Gasteiger partial charge in [0.05, 0.1) is 23.4 Å². The zero-order valence-corrected chi connectivity index (χ0v) is 17.5. The fourth-order valence-electron chi connectivity index (χ4n) is 3.76. The van der Waals surface area contributed by atoms with Gasteiger partial charge in [-0.1, -0.05) is 23.2 Å². The van der Waals surface area contributed by atoms with Crippen molar-refractivity contribution in [2.75, 3.05) is 25.1 Å². The van der Waals surface area contributed by atoms with Crippen molar-refractivity contribution < 1.29 is 9.53 Å². The van der Waals surface area contributed by atoms with E-state index in [9.17, 15) is 4.79 Å². The first kappa shape index (κ1) is 19.8. The van der Waals surface area contributed by atoms with Gasteiger partial charge in [-0.25, -0.2) is 4.79 Å². The van der Waals surface area contributed by atoms with Crippen molar-refractivity contribution in [3.8, 4) is 11.3 Å². The number of halogens is 2. The maximum Gasteiger partial charge on any atom is 0.337 e. The van der Waals surface area contributed by atoms with E-state index in [0.717, 1.165) is 48.6 Å². The van der Waals surface area contributed by atoms with Gasteiger partial charge in [0.1, 0.15) is 0 Å². The molecule has 2 heterocycles. The normalized spacial score (nSPS) is 14.8. The Morgan fingerprint density at radius 3 is 2.48 bits per heavy atom. The second-order valence-electron chi connectivity index (χ2n) is 7.13. The maximum absolute atomic E-state index is 11.6. The number of hydrogen-bond acceptors (Lipinski definition) is 4. The lowest BCUT2D eigenvalue weighted by atomic mass is 9.92. The third-order valence-corrected chi connectivity index (χ3v) is 5.94. The number of carbonyl (C=O) groups excluding carboxylic acids is 1. The van der Waals surface area contributed by atoms with Crippen molar-refractivity contribution in [1.29, 1.82) is 0 Å². The van der Waals surface area contributed by atoms with Crippen molar-refractivity contribution in [3.63, 3.8) is 0 Å². The molecule has 1 N–H and O–H groups in total. The molecule has 7 heteroatoms. The van der Waals surface area contributed by atoms with Crippen LogP contribution < -0.4 is 4.90 Å².